The Balaban J connectivity index is 2.70. The number of alkyl halides is 3. The van der Waals surface area contributed by atoms with Crippen LogP contribution in [-0.2, 0) is 12.7 Å². The summed E-state index contributed by atoms with van der Waals surface area (Å²) in [6, 6.07) is 0. The summed E-state index contributed by atoms with van der Waals surface area (Å²) in [4.78, 5) is 4.72. The van der Waals surface area contributed by atoms with Gasteiger partial charge in [0.05, 0.1) is 6.54 Å². The van der Waals surface area contributed by atoms with Crippen LogP contribution in [0.1, 0.15) is 10.7 Å². The Morgan fingerprint density at radius 2 is 2.29 bits per heavy atom. The standard InChI is InChI=1S/C9H11F3N2OS2/c1-14(8(15)2-3-16)4-7-13-6(5-17-7)9(10,11)12/h2,5,15-16H,3-4H2,1H3/p-1/b8-2-. The number of rotatable bonds is 4. The van der Waals surface area contributed by atoms with Crippen LogP contribution in [0.5, 0.6) is 0 Å². The SMILES string of the molecule is CN(Cc1nc(C(F)(F)F)cs1)/C([O-])=C/CS. The molecule has 0 aliphatic rings. The highest BCUT2D eigenvalue weighted by Crippen LogP contribution is 2.30. The van der Waals surface area contributed by atoms with Gasteiger partial charge in [0.15, 0.2) is 5.69 Å². The van der Waals surface area contributed by atoms with Crippen molar-refractivity contribution in [2.24, 2.45) is 0 Å². The van der Waals surface area contributed by atoms with Crippen molar-refractivity contribution < 1.29 is 18.3 Å². The monoisotopic (exact) mass is 283 g/mol. The number of halogens is 3. The molecule has 96 valence electrons. The lowest BCUT2D eigenvalue weighted by Gasteiger charge is -2.25. The summed E-state index contributed by atoms with van der Waals surface area (Å²) >= 11 is 4.74. The van der Waals surface area contributed by atoms with Crippen LogP contribution in [0.4, 0.5) is 13.2 Å². The zero-order valence-corrected chi connectivity index (χ0v) is 10.6. The number of nitrogens with zero attached hydrogens (tertiary/aromatic N) is 2. The number of hydrogen-bond donors (Lipinski definition) is 1. The Morgan fingerprint density at radius 1 is 1.65 bits per heavy atom. The minimum absolute atomic E-state index is 0.0594. The van der Waals surface area contributed by atoms with E-state index in [4.69, 9.17) is 0 Å². The van der Waals surface area contributed by atoms with E-state index in [0.717, 1.165) is 16.7 Å². The molecule has 0 atom stereocenters. The lowest BCUT2D eigenvalue weighted by atomic mass is 10.5. The van der Waals surface area contributed by atoms with E-state index in [9.17, 15) is 18.3 Å². The quantitative estimate of drug-likeness (QED) is 0.675. The van der Waals surface area contributed by atoms with Gasteiger partial charge in [0.1, 0.15) is 5.01 Å². The molecule has 0 N–H and O–H groups in total. The van der Waals surface area contributed by atoms with Gasteiger partial charge in [0, 0.05) is 18.2 Å². The van der Waals surface area contributed by atoms with E-state index in [0.29, 0.717) is 0 Å². The minimum Gasteiger partial charge on any atom is -0.861 e. The molecule has 0 saturated carbocycles. The van der Waals surface area contributed by atoms with E-state index in [1.54, 1.807) is 0 Å². The van der Waals surface area contributed by atoms with Gasteiger partial charge in [0.2, 0.25) is 0 Å². The van der Waals surface area contributed by atoms with Gasteiger partial charge in [-0.05, 0) is 5.88 Å². The Labute approximate surface area is 106 Å². The molecule has 0 spiro atoms. The molecule has 0 unspecified atom stereocenters. The first-order chi connectivity index (χ1) is 7.84. The molecular weight excluding hydrogens is 273 g/mol. The van der Waals surface area contributed by atoms with E-state index in [-0.39, 0.29) is 23.2 Å². The second-order valence-electron chi connectivity index (χ2n) is 3.21. The van der Waals surface area contributed by atoms with Crippen LogP contribution < -0.4 is 5.11 Å². The van der Waals surface area contributed by atoms with Gasteiger partial charge in [-0.2, -0.15) is 25.8 Å². The Bertz CT molecular complexity index is 403. The molecule has 3 nitrogen and oxygen atoms in total. The average molecular weight is 283 g/mol. The summed E-state index contributed by atoms with van der Waals surface area (Å²) in [5, 5.41) is 12.5. The van der Waals surface area contributed by atoms with Crippen LogP contribution in [-0.4, -0.2) is 22.7 Å². The molecule has 0 aliphatic heterocycles. The highest BCUT2D eigenvalue weighted by atomic mass is 32.1. The molecule has 0 saturated heterocycles. The molecule has 0 radical (unpaired) electrons. The second kappa shape index (κ2) is 5.63. The Kier molecular flexibility index (Phi) is 4.70. The van der Waals surface area contributed by atoms with Crippen LogP contribution in [0.15, 0.2) is 17.3 Å². The smallest absolute Gasteiger partial charge is 0.434 e. The molecule has 0 fully saturated rings. The maximum atomic E-state index is 12.3. The average Bonchev–Trinajstić information content (AvgIpc) is 2.66. The van der Waals surface area contributed by atoms with E-state index in [2.05, 4.69) is 17.6 Å². The molecule has 0 bridgehead atoms. The van der Waals surface area contributed by atoms with Gasteiger partial charge in [-0.3, -0.25) is 0 Å². The van der Waals surface area contributed by atoms with Gasteiger partial charge in [-0.15, -0.1) is 11.3 Å². The van der Waals surface area contributed by atoms with Crippen molar-refractivity contribution in [1.29, 1.82) is 0 Å². The van der Waals surface area contributed by atoms with Crippen LogP contribution in [0.25, 0.3) is 0 Å². The predicted molar refractivity (Wildman–Crippen MR) is 60.5 cm³/mol. The van der Waals surface area contributed by atoms with Crippen molar-refractivity contribution in [2.75, 3.05) is 12.8 Å². The first-order valence-electron chi connectivity index (χ1n) is 4.55. The molecule has 1 heterocycles. The van der Waals surface area contributed by atoms with Crippen LogP contribution in [0.2, 0.25) is 0 Å². The van der Waals surface area contributed by atoms with Crippen LogP contribution in [0, 0.1) is 0 Å². The fraction of sp³-hybridized carbons (Fsp3) is 0.444. The van der Waals surface area contributed by atoms with Crippen molar-refractivity contribution in [3.8, 4) is 0 Å². The van der Waals surface area contributed by atoms with Gasteiger partial charge in [-0.25, -0.2) is 4.98 Å². The normalized spacial score (nSPS) is 12.9. The molecule has 8 heteroatoms. The van der Waals surface area contributed by atoms with Crippen molar-refractivity contribution in [1.82, 2.24) is 9.88 Å². The van der Waals surface area contributed by atoms with Gasteiger partial charge in [-0.1, -0.05) is 6.08 Å². The third-order valence-electron chi connectivity index (χ3n) is 1.86. The first-order valence-corrected chi connectivity index (χ1v) is 6.06. The van der Waals surface area contributed by atoms with Gasteiger partial charge >= 0.3 is 6.18 Å². The number of hydrogen-bond acceptors (Lipinski definition) is 5. The van der Waals surface area contributed by atoms with Crippen molar-refractivity contribution >= 4 is 24.0 Å². The zero-order chi connectivity index (χ0) is 13.1. The highest BCUT2D eigenvalue weighted by molar-refractivity contribution is 7.80. The van der Waals surface area contributed by atoms with Gasteiger partial charge < -0.3 is 10.0 Å². The van der Waals surface area contributed by atoms with E-state index in [1.807, 2.05) is 0 Å². The Morgan fingerprint density at radius 3 is 2.76 bits per heavy atom. The molecule has 1 aromatic rings. The molecule has 0 aliphatic carbocycles. The maximum absolute atomic E-state index is 12.3. The lowest BCUT2D eigenvalue weighted by molar-refractivity contribution is -0.332. The minimum atomic E-state index is -4.44. The fourth-order valence-corrected chi connectivity index (χ4v) is 2.04. The Hall–Kier alpha value is -0.890. The summed E-state index contributed by atoms with van der Waals surface area (Å²) in [5.74, 6) is -0.00164. The van der Waals surface area contributed by atoms with E-state index < -0.39 is 11.9 Å². The molecule has 1 aromatic heterocycles. The molecular formula is C9H10F3N2OS2-. The molecule has 0 aromatic carbocycles. The predicted octanol–water partition coefficient (Wildman–Crippen LogP) is 1.73. The summed E-state index contributed by atoms with van der Waals surface area (Å²) in [5.41, 5.74) is -0.920. The summed E-state index contributed by atoms with van der Waals surface area (Å²) in [7, 11) is 1.50. The number of thiol groups is 1. The van der Waals surface area contributed by atoms with E-state index >= 15 is 0 Å². The largest absolute Gasteiger partial charge is 0.861 e. The zero-order valence-electron chi connectivity index (χ0n) is 8.86. The second-order valence-corrected chi connectivity index (χ2v) is 4.51. The van der Waals surface area contributed by atoms with Crippen molar-refractivity contribution in [3.05, 3.63) is 28.0 Å². The molecule has 0 amide bonds. The topological polar surface area (TPSA) is 39.2 Å². The number of aromatic nitrogens is 1. The molecule has 17 heavy (non-hydrogen) atoms. The van der Waals surface area contributed by atoms with E-state index in [1.165, 1.54) is 18.0 Å². The lowest BCUT2D eigenvalue weighted by Crippen LogP contribution is -2.26. The molecule has 1 rings (SSSR count). The van der Waals surface area contributed by atoms with Crippen LogP contribution in [0.3, 0.4) is 0 Å². The summed E-state index contributed by atoms with van der Waals surface area (Å²) < 4.78 is 36.8. The highest BCUT2D eigenvalue weighted by Gasteiger charge is 2.33. The first kappa shape index (κ1) is 14.2. The number of thiazole rings is 1. The van der Waals surface area contributed by atoms with Crippen LogP contribution >= 0.6 is 24.0 Å². The fourth-order valence-electron chi connectivity index (χ4n) is 1.03. The summed E-state index contributed by atoms with van der Waals surface area (Å²) in [6.45, 7) is 0.0594. The third-order valence-corrected chi connectivity index (χ3v) is 2.87. The van der Waals surface area contributed by atoms with Gasteiger partial charge in [0.25, 0.3) is 0 Å². The summed E-state index contributed by atoms with van der Waals surface area (Å²) in [6.07, 6.45) is -3.10. The maximum Gasteiger partial charge on any atom is 0.434 e. The third kappa shape index (κ3) is 4.12. The van der Waals surface area contributed by atoms with Crippen molar-refractivity contribution in [3.63, 3.8) is 0 Å². The van der Waals surface area contributed by atoms with Crippen molar-refractivity contribution in [2.45, 2.75) is 12.7 Å².